The van der Waals surface area contributed by atoms with Gasteiger partial charge in [-0.05, 0) is 18.2 Å². The van der Waals surface area contributed by atoms with Crippen molar-refractivity contribution < 1.29 is 24.5 Å². The van der Waals surface area contributed by atoms with E-state index in [1.807, 2.05) is 6.07 Å². The fraction of sp³-hybridized carbons (Fsp3) is 0.357. The Bertz CT molecular complexity index is 591. The first-order chi connectivity index (χ1) is 10.1. The number of furan rings is 1. The van der Waals surface area contributed by atoms with Gasteiger partial charge in [0.05, 0.1) is 18.6 Å². The molecule has 1 fully saturated rings. The summed E-state index contributed by atoms with van der Waals surface area (Å²) in [6, 6.07) is 5.34. The van der Waals surface area contributed by atoms with Gasteiger partial charge in [0.2, 0.25) is 0 Å². The second-order valence-electron chi connectivity index (χ2n) is 4.75. The van der Waals surface area contributed by atoms with Crippen molar-refractivity contribution in [1.82, 2.24) is 4.98 Å². The second kappa shape index (κ2) is 6.07. The van der Waals surface area contributed by atoms with Gasteiger partial charge in [0.1, 0.15) is 23.7 Å². The molecule has 6 nitrogen and oxygen atoms in total. The standard InChI is InChI=1S/C14H15NO5S/c16-10-7-21-14(13(18)12(10)17)20-9-4-8(5-15-6-9)11-2-1-3-19-11/h1-6,10,12-14,16-18H,7H2/t10-,12+,13-,14-/m1/s1. The molecule has 0 spiro atoms. The Morgan fingerprint density at radius 3 is 2.86 bits per heavy atom. The largest absolute Gasteiger partial charge is 0.475 e. The van der Waals surface area contributed by atoms with Crippen LogP contribution >= 0.6 is 11.8 Å². The van der Waals surface area contributed by atoms with Crippen molar-refractivity contribution >= 4 is 11.8 Å². The van der Waals surface area contributed by atoms with E-state index in [-0.39, 0.29) is 0 Å². The molecule has 7 heteroatoms. The molecule has 2 aromatic heterocycles. The van der Waals surface area contributed by atoms with E-state index >= 15 is 0 Å². The van der Waals surface area contributed by atoms with Gasteiger partial charge in [0, 0.05) is 17.5 Å². The van der Waals surface area contributed by atoms with Crippen LogP contribution in [-0.4, -0.2) is 49.8 Å². The van der Waals surface area contributed by atoms with Crippen LogP contribution in [0.5, 0.6) is 5.75 Å². The minimum Gasteiger partial charge on any atom is -0.475 e. The predicted octanol–water partition coefficient (Wildman–Crippen LogP) is 0.876. The first kappa shape index (κ1) is 14.4. The van der Waals surface area contributed by atoms with Crippen LogP contribution in [0.4, 0.5) is 0 Å². The van der Waals surface area contributed by atoms with Crippen LogP contribution in [0.1, 0.15) is 0 Å². The molecule has 0 bridgehead atoms. The Hall–Kier alpha value is -1.54. The van der Waals surface area contributed by atoms with Gasteiger partial charge in [-0.3, -0.25) is 4.98 Å². The Balaban J connectivity index is 1.75. The minimum atomic E-state index is -1.21. The molecule has 2 aromatic rings. The molecule has 112 valence electrons. The zero-order valence-electron chi connectivity index (χ0n) is 11.0. The molecule has 21 heavy (non-hydrogen) atoms. The predicted molar refractivity (Wildman–Crippen MR) is 76.8 cm³/mol. The summed E-state index contributed by atoms with van der Waals surface area (Å²) in [4.78, 5) is 4.08. The fourth-order valence-corrected chi connectivity index (χ4v) is 3.20. The summed E-state index contributed by atoms with van der Waals surface area (Å²) in [5, 5.41) is 29.1. The normalized spacial score (nSPS) is 29.3. The number of thioether (sulfide) groups is 1. The first-order valence-corrected chi connectivity index (χ1v) is 7.51. The number of aliphatic hydroxyl groups excluding tert-OH is 3. The molecule has 3 rings (SSSR count). The molecular weight excluding hydrogens is 294 g/mol. The zero-order chi connectivity index (χ0) is 14.8. The van der Waals surface area contributed by atoms with Crippen LogP contribution in [0.3, 0.4) is 0 Å². The Morgan fingerprint density at radius 2 is 2.10 bits per heavy atom. The topological polar surface area (TPSA) is 96.0 Å². The third-order valence-corrected chi connectivity index (χ3v) is 4.46. The van der Waals surface area contributed by atoms with Gasteiger partial charge in [0.25, 0.3) is 0 Å². The maximum absolute atomic E-state index is 9.93. The van der Waals surface area contributed by atoms with Crippen molar-refractivity contribution in [2.75, 3.05) is 5.75 Å². The average Bonchev–Trinajstić information content (AvgIpc) is 3.03. The third kappa shape index (κ3) is 3.06. The van der Waals surface area contributed by atoms with Crippen molar-refractivity contribution in [3.05, 3.63) is 36.9 Å². The van der Waals surface area contributed by atoms with E-state index in [4.69, 9.17) is 9.15 Å². The molecule has 3 N–H and O–H groups in total. The number of ether oxygens (including phenoxy) is 1. The molecule has 1 aliphatic heterocycles. The molecule has 1 aliphatic rings. The monoisotopic (exact) mass is 309 g/mol. The maximum Gasteiger partial charge on any atom is 0.173 e. The van der Waals surface area contributed by atoms with Crippen LogP contribution in [0.2, 0.25) is 0 Å². The van der Waals surface area contributed by atoms with Gasteiger partial charge in [-0.1, -0.05) is 0 Å². The van der Waals surface area contributed by atoms with Gasteiger partial charge < -0.3 is 24.5 Å². The number of aliphatic hydroxyl groups is 3. The average molecular weight is 309 g/mol. The van der Waals surface area contributed by atoms with E-state index in [9.17, 15) is 15.3 Å². The molecule has 4 atom stereocenters. The summed E-state index contributed by atoms with van der Waals surface area (Å²) >= 11 is 1.25. The quantitative estimate of drug-likeness (QED) is 0.774. The lowest BCUT2D eigenvalue weighted by atomic mass is 10.1. The van der Waals surface area contributed by atoms with E-state index in [0.29, 0.717) is 17.3 Å². The third-order valence-electron chi connectivity index (χ3n) is 3.23. The highest BCUT2D eigenvalue weighted by atomic mass is 32.2. The molecule has 3 heterocycles. The highest BCUT2D eigenvalue weighted by molar-refractivity contribution is 7.99. The van der Waals surface area contributed by atoms with E-state index in [1.54, 1.807) is 24.6 Å². The smallest absolute Gasteiger partial charge is 0.173 e. The lowest BCUT2D eigenvalue weighted by Gasteiger charge is -2.34. The van der Waals surface area contributed by atoms with Crippen LogP contribution in [-0.2, 0) is 0 Å². The molecule has 1 saturated heterocycles. The van der Waals surface area contributed by atoms with Gasteiger partial charge in [-0.2, -0.15) is 0 Å². The van der Waals surface area contributed by atoms with Gasteiger partial charge in [-0.15, -0.1) is 11.8 Å². The SMILES string of the molecule is O[C@@H]1[C@@H](O)[C@H](Oc2cncc(-c3ccco3)c2)SC[C@H]1O. The number of aromatic nitrogens is 1. The molecule has 0 amide bonds. The van der Waals surface area contributed by atoms with E-state index in [2.05, 4.69) is 4.98 Å². The maximum atomic E-state index is 9.93. The number of hydrogen-bond acceptors (Lipinski definition) is 7. The molecule has 0 unspecified atom stereocenters. The van der Waals surface area contributed by atoms with Crippen molar-refractivity contribution in [1.29, 1.82) is 0 Å². The minimum absolute atomic E-state index is 0.300. The molecule has 0 aromatic carbocycles. The zero-order valence-corrected chi connectivity index (χ0v) is 11.8. The van der Waals surface area contributed by atoms with Gasteiger partial charge in [0.15, 0.2) is 5.44 Å². The second-order valence-corrected chi connectivity index (χ2v) is 5.89. The van der Waals surface area contributed by atoms with Gasteiger partial charge in [-0.25, -0.2) is 0 Å². The first-order valence-electron chi connectivity index (χ1n) is 6.46. The summed E-state index contributed by atoms with van der Waals surface area (Å²) in [5.74, 6) is 1.43. The van der Waals surface area contributed by atoms with Crippen LogP contribution < -0.4 is 4.74 Å². The van der Waals surface area contributed by atoms with E-state index in [1.165, 1.54) is 18.0 Å². The van der Waals surface area contributed by atoms with Crippen molar-refractivity contribution in [2.45, 2.75) is 23.7 Å². The highest BCUT2D eigenvalue weighted by Crippen LogP contribution is 2.30. The van der Waals surface area contributed by atoms with Crippen molar-refractivity contribution in [2.24, 2.45) is 0 Å². The Labute approximate surface area is 125 Å². The lowest BCUT2D eigenvalue weighted by molar-refractivity contribution is -0.0786. The van der Waals surface area contributed by atoms with Crippen molar-refractivity contribution in [3.8, 4) is 17.1 Å². The number of hydrogen-bond donors (Lipinski definition) is 3. The number of pyridine rings is 1. The van der Waals surface area contributed by atoms with E-state index < -0.39 is 23.7 Å². The van der Waals surface area contributed by atoms with Crippen LogP contribution in [0, 0.1) is 0 Å². The van der Waals surface area contributed by atoms with Crippen LogP contribution in [0.15, 0.2) is 41.3 Å². The summed E-state index contributed by atoms with van der Waals surface area (Å²) in [5.41, 5.74) is 0.102. The van der Waals surface area contributed by atoms with Gasteiger partial charge >= 0.3 is 0 Å². The molecule has 0 saturated carbocycles. The molecular formula is C14H15NO5S. The fourth-order valence-electron chi connectivity index (χ4n) is 2.08. The Morgan fingerprint density at radius 1 is 1.24 bits per heavy atom. The Kier molecular flexibility index (Phi) is 4.16. The molecule has 0 radical (unpaired) electrons. The lowest BCUT2D eigenvalue weighted by Crippen LogP contribution is -2.50. The summed E-state index contributed by atoms with van der Waals surface area (Å²) in [7, 11) is 0. The summed E-state index contributed by atoms with van der Waals surface area (Å²) < 4.78 is 11.0. The summed E-state index contributed by atoms with van der Waals surface area (Å²) in [6.07, 6.45) is 1.42. The van der Waals surface area contributed by atoms with Crippen LogP contribution in [0.25, 0.3) is 11.3 Å². The van der Waals surface area contributed by atoms with E-state index in [0.717, 1.165) is 5.56 Å². The van der Waals surface area contributed by atoms with Crippen molar-refractivity contribution in [3.63, 3.8) is 0 Å². The summed E-state index contributed by atoms with van der Waals surface area (Å²) in [6.45, 7) is 0. The molecule has 0 aliphatic carbocycles. The number of nitrogens with zero attached hydrogens (tertiary/aromatic N) is 1. The number of rotatable bonds is 3. The highest BCUT2D eigenvalue weighted by Gasteiger charge is 2.38.